The maximum Gasteiger partial charge on any atom is 0.241 e. The highest BCUT2D eigenvalue weighted by Crippen LogP contribution is 2.58. The average Bonchev–Trinajstić information content (AvgIpc) is 3.03. The van der Waals surface area contributed by atoms with Gasteiger partial charge in [0.2, 0.25) is 5.91 Å². The smallest absolute Gasteiger partial charge is 0.241 e. The van der Waals surface area contributed by atoms with Crippen LogP contribution in [-0.2, 0) is 9.53 Å². The Hall–Kier alpha value is -0.650. The molecule has 3 unspecified atom stereocenters. The molecule has 0 radical (unpaired) electrons. The molecule has 3 fully saturated rings. The molecule has 4 N–H and O–H groups in total. The van der Waals surface area contributed by atoms with E-state index in [4.69, 9.17) is 10.5 Å². The molecule has 3 aliphatic rings. The second-order valence-electron chi connectivity index (χ2n) is 7.39. The van der Waals surface area contributed by atoms with E-state index in [9.17, 15) is 9.90 Å². The van der Waals surface area contributed by atoms with E-state index < -0.39 is 11.1 Å². The van der Waals surface area contributed by atoms with E-state index in [1.807, 2.05) is 13.8 Å². The van der Waals surface area contributed by atoms with Gasteiger partial charge >= 0.3 is 0 Å². The van der Waals surface area contributed by atoms with E-state index in [2.05, 4.69) is 5.32 Å². The Morgan fingerprint density at radius 2 is 2.05 bits per heavy atom. The molecule has 20 heavy (non-hydrogen) atoms. The molecule has 1 amide bonds. The number of hydrogen-bond donors (Lipinski definition) is 3. The summed E-state index contributed by atoms with van der Waals surface area (Å²) in [7, 11) is 0. The summed E-state index contributed by atoms with van der Waals surface area (Å²) >= 11 is 0. The molecular formula is C15H26N2O3. The van der Waals surface area contributed by atoms with Crippen LogP contribution in [0, 0.1) is 11.3 Å². The number of amides is 1. The largest absolute Gasteiger partial charge is 0.388 e. The Kier molecular flexibility index (Phi) is 3.16. The van der Waals surface area contributed by atoms with Crippen LogP contribution in [0.4, 0.5) is 0 Å². The van der Waals surface area contributed by atoms with Gasteiger partial charge in [-0.2, -0.15) is 0 Å². The molecule has 3 atom stereocenters. The van der Waals surface area contributed by atoms with Gasteiger partial charge < -0.3 is 20.9 Å². The van der Waals surface area contributed by atoms with Gasteiger partial charge in [-0.3, -0.25) is 4.79 Å². The van der Waals surface area contributed by atoms with Crippen LogP contribution in [0.25, 0.3) is 0 Å². The van der Waals surface area contributed by atoms with Gasteiger partial charge in [-0.1, -0.05) is 26.7 Å². The van der Waals surface area contributed by atoms with E-state index in [-0.39, 0.29) is 23.3 Å². The van der Waals surface area contributed by atoms with Gasteiger partial charge in [0.1, 0.15) is 5.54 Å². The Morgan fingerprint density at radius 3 is 2.70 bits per heavy atom. The molecule has 1 heterocycles. The molecular weight excluding hydrogens is 256 g/mol. The van der Waals surface area contributed by atoms with Crippen LogP contribution in [0.15, 0.2) is 0 Å². The molecule has 1 saturated heterocycles. The van der Waals surface area contributed by atoms with Crippen molar-refractivity contribution >= 4 is 5.91 Å². The predicted octanol–water partition coefficient (Wildman–Crippen LogP) is 0.550. The number of carbonyl (C=O) groups is 1. The predicted molar refractivity (Wildman–Crippen MR) is 75.0 cm³/mol. The summed E-state index contributed by atoms with van der Waals surface area (Å²) in [6, 6.07) is 0. The maximum atomic E-state index is 12.6. The first-order valence-electron chi connectivity index (χ1n) is 7.72. The van der Waals surface area contributed by atoms with Crippen molar-refractivity contribution in [1.82, 2.24) is 5.32 Å². The lowest BCUT2D eigenvalue weighted by atomic mass is 9.48. The monoisotopic (exact) mass is 282 g/mol. The number of hydrogen-bond acceptors (Lipinski definition) is 4. The molecule has 0 aromatic heterocycles. The molecule has 114 valence electrons. The lowest BCUT2D eigenvalue weighted by molar-refractivity contribution is -0.176. The van der Waals surface area contributed by atoms with Crippen molar-refractivity contribution in [3.8, 4) is 0 Å². The Morgan fingerprint density at radius 1 is 1.40 bits per heavy atom. The first-order valence-corrected chi connectivity index (χ1v) is 7.72. The van der Waals surface area contributed by atoms with E-state index in [1.165, 1.54) is 0 Å². The molecule has 2 aliphatic carbocycles. The molecule has 0 aromatic carbocycles. The number of rotatable bonds is 3. The highest BCUT2D eigenvalue weighted by atomic mass is 16.5. The van der Waals surface area contributed by atoms with Crippen LogP contribution in [-0.4, -0.2) is 41.4 Å². The number of fused-ring (bicyclic) bond motifs is 1. The zero-order chi connectivity index (χ0) is 14.6. The summed E-state index contributed by atoms with van der Waals surface area (Å²) in [6.07, 6.45) is 4.54. The quantitative estimate of drug-likeness (QED) is 0.706. The second kappa shape index (κ2) is 4.42. The third-order valence-electron chi connectivity index (χ3n) is 5.94. The maximum absolute atomic E-state index is 12.6. The summed E-state index contributed by atoms with van der Waals surface area (Å²) in [4.78, 5) is 12.6. The van der Waals surface area contributed by atoms with Crippen LogP contribution in [0.3, 0.4) is 0 Å². The summed E-state index contributed by atoms with van der Waals surface area (Å²) < 4.78 is 5.70. The van der Waals surface area contributed by atoms with Gasteiger partial charge in [0.05, 0.1) is 11.7 Å². The normalized spacial score (nSPS) is 41.0. The van der Waals surface area contributed by atoms with Crippen molar-refractivity contribution in [3.63, 3.8) is 0 Å². The third-order valence-corrected chi connectivity index (χ3v) is 5.94. The van der Waals surface area contributed by atoms with Crippen LogP contribution in [0.5, 0.6) is 0 Å². The third kappa shape index (κ3) is 1.76. The van der Waals surface area contributed by atoms with Gasteiger partial charge in [-0.05, 0) is 19.3 Å². The summed E-state index contributed by atoms with van der Waals surface area (Å²) in [5.41, 5.74) is 4.51. The fraction of sp³-hybridized carbons (Fsp3) is 0.933. The topological polar surface area (TPSA) is 84.6 Å². The standard InChI is InChI=1S/C15H26N2O3/c1-13(2)11-10(5-8-20-11)15(13,16)12(18)17-9-14(19)6-3-4-7-14/h10-11,19H,3-9,16H2,1-2H3,(H,17,18). The summed E-state index contributed by atoms with van der Waals surface area (Å²) in [6.45, 7) is 5.01. The van der Waals surface area contributed by atoms with Gasteiger partial charge in [0.25, 0.3) is 0 Å². The Labute approximate surface area is 120 Å². The van der Waals surface area contributed by atoms with Gasteiger partial charge in [-0.25, -0.2) is 0 Å². The molecule has 3 rings (SSSR count). The molecule has 0 aromatic rings. The SMILES string of the molecule is CC1(C)C2OCCC2C1(N)C(=O)NCC1(O)CCCC1. The number of ether oxygens (including phenoxy) is 1. The minimum Gasteiger partial charge on any atom is -0.388 e. The highest BCUT2D eigenvalue weighted by molar-refractivity contribution is 5.89. The van der Waals surface area contributed by atoms with Crippen molar-refractivity contribution in [2.75, 3.05) is 13.2 Å². The second-order valence-corrected chi connectivity index (χ2v) is 7.39. The lowest BCUT2D eigenvalue weighted by Crippen LogP contribution is -2.80. The number of aliphatic hydroxyl groups is 1. The lowest BCUT2D eigenvalue weighted by Gasteiger charge is -2.60. The zero-order valence-electron chi connectivity index (χ0n) is 12.4. The minimum absolute atomic E-state index is 0.0906. The summed E-state index contributed by atoms with van der Waals surface area (Å²) in [5, 5.41) is 13.2. The minimum atomic E-state index is -0.872. The van der Waals surface area contributed by atoms with E-state index >= 15 is 0 Å². The van der Waals surface area contributed by atoms with Crippen LogP contribution in [0.1, 0.15) is 46.0 Å². The van der Waals surface area contributed by atoms with E-state index in [0.717, 1.165) is 32.1 Å². The van der Waals surface area contributed by atoms with Crippen molar-refractivity contribution in [2.24, 2.45) is 17.1 Å². The van der Waals surface area contributed by atoms with Crippen LogP contribution in [0.2, 0.25) is 0 Å². The van der Waals surface area contributed by atoms with Gasteiger partial charge in [0, 0.05) is 24.5 Å². The van der Waals surface area contributed by atoms with Crippen molar-refractivity contribution < 1.29 is 14.6 Å². The highest BCUT2D eigenvalue weighted by Gasteiger charge is 2.71. The van der Waals surface area contributed by atoms with E-state index in [0.29, 0.717) is 13.2 Å². The van der Waals surface area contributed by atoms with Crippen LogP contribution < -0.4 is 11.1 Å². The van der Waals surface area contributed by atoms with Gasteiger partial charge in [-0.15, -0.1) is 0 Å². The van der Waals surface area contributed by atoms with Crippen molar-refractivity contribution in [1.29, 1.82) is 0 Å². The Balaban J connectivity index is 1.67. The number of nitrogens with one attached hydrogen (secondary N) is 1. The molecule has 2 saturated carbocycles. The molecule has 5 nitrogen and oxygen atoms in total. The first-order chi connectivity index (χ1) is 9.31. The molecule has 1 aliphatic heterocycles. The average molecular weight is 282 g/mol. The zero-order valence-corrected chi connectivity index (χ0v) is 12.4. The fourth-order valence-electron chi connectivity index (χ4n) is 4.45. The Bertz CT molecular complexity index is 417. The summed E-state index contributed by atoms with van der Waals surface area (Å²) in [5.74, 6) is -0.0229. The first kappa shape index (κ1) is 14.3. The molecule has 0 bridgehead atoms. The van der Waals surface area contributed by atoms with Gasteiger partial charge in [0.15, 0.2) is 0 Å². The van der Waals surface area contributed by atoms with E-state index in [1.54, 1.807) is 0 Å². The molecule has 5 heteroatoms. The molecule has 0 spiro atoms. The van der Waals surface area contributed by atoms with Crippen LogP contribution >= 0.6 is 0 Å². The number of carbonyl (C=O) groups excluding carboxylic acids is 1. The van der Waals surface area contributed by atoms with Crippen molar-refractivity contribution in [2.45, 2.75) is 63.2 Å². The number of nitrogens with two attached hydrogens (primary N) is 1. The fourth-order valence-corrected chi connectivity index (χ4v) is 4.45. The van der Waals surface area contributed by atoms with Crippen molar-refractivity contribution in [3.05, 3.63) is 0 Å².